The minimum Gasteiger partial charge on any atom is -0.544 e. The Balaban J connectivity index is 4.50. The largest absolute Gasteiger partial charge is 0.544 e. The molecule has 0 atom stereocenters. The van der Waals surface area contributed by atoms with Gasteiger partial charge in [-0.2, -0.15) is 35.1 Å². The molecular weight excluding hydrogens is 428 g/mol. The highest BCUT2D eigenvalue weighted by Gasteiger charge is 2.62. The van der Waals surface area contributed by atoms with Crippen molar-refractivity contribution in [3.05, 3.63) is 0 Å². The lowest BCUT2D eigenvalue weighted by molar-refractivity contribution is -0.377. The van der Waals surface area contributed by atoms with Crippen molar-refractivity contribution in [2.24, 2.45) is 0 Å². The maximum atomic E-state index is 12.8. The van der Waals surface area contributed by atoms with Gasteiger partial charge in [0.1, 0.15) is 11.9 Å². The van der Waals surface area contributed by atoms with Crippen molar-refractivity contribution in [2.45, 2.75) is 24.1 Å². The molecule has 0 saturated carbocycles. The average Bonchev–Trinajstić information content (AvgIpc) is 2.49. The Kier molecular flexibility index (Phi) is 7.38. The summed E-state index contributed by atoms with van der Waals surface area (Å²) < 4.78 is 107. The number of alkyl carbamates (subject to hydrolysis) is 2. The molecule has 18 heteroatoms. The highest BCUT2D eigenvalue weighted by atomic mass is 19.3. The average molecular weight is 434 g/mol. The number of nitrogens with one attached hydrogen (secondary N) is 2. The summed E-state index contributed by atoms with van der Waals surface area (Å²) in [4.78, 5) is 41.3. The van der Waals surface area contributed by atoms with Crippen LogP contribution in [0.25, 0.3) is 0 Å². The van der Waals surface area contributed by atoms with Crippen molar-refractivity contribution >= 4 is 24.1 Å². The molecule has 0 aromatic rings. The van der Waals surface area contributed by atoms with Crippen molar-refractivity contribution < 1.29 is 74.0 Å². The smallest absolute Gasteiger partial charge is 0.473 e. The van der Waals surface area contributed by atoms with Gasteiger partial charge in [-0.25, -0.2) is 9.59 Å². The van der Waals surface area contributed by atoms with Crippen LogP contribution in [0.2, 0.25) is 0 Å². The third-order valence-electron chi connectivity index (χ3n) is 2.35. The van der Waals surface area contributed by atoms with E-state index < -0.39 is 61.3 Å². The monoisotopic (exact) mass is 434 g/mol. The van der Waals surface area contributed by atoms with Crippen LogP contribution in [0, 0.1) is 0 Å². The van der Waals surface area contributed by atoms with Gasteiger partial charge in [-0.1, -0.05) is 0 Å². The quantitative estimate of drug-likeness (QED) is 0.324. The van der Waals surface area contributed by atoms with Crippen LogP contribution in [0.5, 0.6) is 0 Å². The summed E-state index contributed by atoms with van der Waals surface area (Å²) in [6.07, 6.45) is -16.5. The second-order valence-electron chi connectivity index (χ2n) is 4.39. The molecule has 0 bridgehead atoms. The van der Waals surface area contributed by atoms with Crippen molar-refractivity contribution in [2.75, 3.05) is 13.1 Å². The van der Waals surface area contributed by atoms with E-state index in [0.29, 0.717) is 0 Å². The van der Waals surface area contributed by atoms with Crippen molar-refractivity contribution in [1.82, 2.24) is 10.6 Å². The van der Waals surface area contributed by atoms with Crippen molar-refractivity contribution in [1.29, 1.82) is 0 Å². The number of hydrogen-bond donors (Lipinski definition) is 2. The summed E-state index contributed by atoms with van der Waals surface area (Å²) in [6.45, 7) is -2.08. The number of aliphatic carboxylic acids is 2. The second-order valence-corrected chi connectivity index (χ2v) is 4.39. The summed E-state index contributed by atoms with van der Waals surface area (Å²) in [5.41, 5.74) is 0. The third-order valence-corrected chi connectivity index (χ3v) is 2.35. The molecule has 0 radical (unpaired) electrons. The number of ether oxygens (including phenoxy) is 2. The van der Waals surface area contributed by atoms with Crippen LogP contribution in [0.15, 0.2) is 0 Å². The minimum atomic E-state index is -5.91. The molecule has 0 aliphatic carbocycles. The number of carbonyl (C=O) groups is 4. The molecule has 0 saturated heterocycles. The molecule has 0 rings (SSSR count). The Morgan fingerprint density at radius 1 is 0.643 bits per heavy atom. The lowest BCUT2D eigenvalue weighted by Crippen LogP contribution is -2.57. The van der Waals surface area contributed by atoms with Gasteiger partial charge in [0.2, 0.25) is 0 Å². The SMILES string of the molecule is O=C(NCCNC(=O)OC(F)(F)C(F)(F)C(=O)[O-])OC(F)(F)C(F)(F)C(=O)[O-]. The topological polar surface area (TPSA) is 157 Å². The number of rotatable bonds is 9. The number of alkyl halides is 8. The lowest BCUT2D eigenvalue weighted by atomic mass is 10.3. The Hall–Kier alpha value is -3.08. The molecule has 0 aliphatic rings. The first-order valence-electron chi connectivity index (χ1n) is 6.26. The Morgan fingerprint density at radius 3 is 1.11 bits per heavy atom. The number of amides is 2. The molecule has 162 valence electrons. The first-order valence-corrected chi connectivity index (χ1v) is 6.26. The van der Waals surface area contributed by atoms with E-state index in [1.165, 1.54) is 10.6 Å². The number of carboxylic acid groups (broad SMARTS) is 2. The molecule has 28 heavy (non-hydrogen) atoms. The fourth-order valence-corrected chi connectivity index (χ4v) is 1.000. The van der Waals surface area contributed by atoms with Crippen LogP contribution in [0.3, 0.4) is 0 Å². The molecule has 2 amide bonds. The molecule has 0 aromatic heterocycles. The van der Waals surface area contributed by atoms with E-state index in [9.17, 15) is 64.5 Å². The summed E-state index contributed by atoms with van der Waals surface area (Å²) in [5.74, 6) is -19.0. The maximum Gasteiger partial charge on any atom is 0.473 e. The van der Waals surface area contributed by atoms with Gasteiger partial charge in [0.05, 0.1) is 0 Å². The number of hydrogen-bond acceptors (Lipinski definition) is 8. The molecule has 10 nitrogen and oxygen atoms in total. The van der Waals surface area contributed by atoms with Gasteiger partial charge in [0, 0.05) is 13.1 Å². The van der Waals surface area contributed by atoms with E-state index in [4.69, 9.17) is 0 Å². The van der Waals surface area contributed by atoms with Crippen LogP contribution >= 0.6 is 0 Å². The Bertz CT molecular complexity index is 587. The standard InChI is InChI=1S/C10H8F8N2O8/c11-7(12,3(21)22)9(15,16)27-5(25)19-1-2-20-6(26)28-10(17,18)8(13,14)4(23)24/h1-2H2,(H,19,25)(H,20,26)(H,21,22)(H,23,24)/p-2. The fraction of sp³-hybridized carbons (Fsp3) is 0.600. The number of carbonyl (C=O) groups excluding carboxylic acids is 4. The molecule has 0 aliphatic heterocycles. The van der Waals surface area contributed by atoms with Gasteiger partial charge in [0.15, 0.2) is 0 Å². The molecular formula is C10H6F8N2O8-2. The minimum absolute atomic E-state index is 1.04. The van der Waals surface area contributed by atoms with Gasteiger partial charge >= 0.3 is 36.2 Å². The molecule has 2 N–H and O–H groups in total. The fourth-order valence-electron chi connectivity index (χ4n) is 1.000. The zero-order valence-electron chi connectivity index (χ0n) is 12.7. The van der Waals surface area contributed by atoms with Crippen LogP contribution < -0.4 is 20.8 Å². The second kappa shape index (κ2) is 8.30. The van der Waals surface area contributed by atoms with E-state index in [0.717, 1.165) is 0 Å². The molecule has 0 fully saturated rings. The Labute approximate surface area is 147 Å². The first kappa shape index (κ1) is 24.9. The summed E-state index contributed by atoms with van der Waals surface area (Å²) >= 11 is 0. The summed E-state index contributed by atoms with van der Waals surface area (Å²) in [6, 6.07) is 0. The van der Waals surface area contributed by atoms with Crippen LogP contribution in [-0.4, -0.2) is 61.3 Å². The zero-order valence-corrected chi connectivity index (χ0v) is 12.7. The van der Waals surface area contributed by atoms with Gasteiger partial charge in [-0.05, 0) is 0 Å². The molecule has 0 spiro atoms. The van der Waals surface area contributed by atoms with Gasteiger partial charge in [-0.15, -0.1) is 0 Å². The Morgan fingerprint density at radius 2 is 0.893 bits per heavy atom. The van der Waals surface area contributed by atoms with E-state index >= 15 is 0 Å². The number of carboxylic acids is 2. The third kappa shape index (κ3) is 5.71. The number of halogens is 8. The van der Waals surface area contributed by atoms with Gasteiger partial charge in [0.25, 0.3) is 0 Å². The highest BCUT2D eigenvalue weighted by molar-refractivity contribution is 5.76. The summed E-state index contributed by atoms with van der Waals surface area (Å²) in [5, 5.41) is 22.1. The van der Waals surface area contributed by atoms with Crippen LogP contribution in [0.1, 0.15) is 0 Å². The normalized spacial score (nSPS) is 12.7. The zero-order chi connectivity index (χ0) is 22.6. The van der Waals surface area contributed by atoms with E-state index in [1.54, 1.807) is 0 Å². The van der Waals surface area contributed by atoms with Crippen LogP contribution in [0.4, 0.5) is 44.7 Å². The molecule has 0 heterocycles. The molecule has 0 unspecified atom stereocenters. The van der Waals surface area contributed by atoms with E-state index in [2.05, 4.69) is 9.47 Å². The van der Waals surface area contributed by atoms with Crippen LogP contribution in [-0.2, 0) is 19.1 Å². The predicted octanol–water partition coefficient (Wildman–Crippen LogP) is -1.61. The van der Waals surface area contributed by atoms with Crippen molar-refractivity contribution in [3.63, 3.8) is 0 Å². The first-order chi connectivity index (χ1) is 12.4. The molecule has 0 aromatic carbocycles. The van der Waals surface area contributed by atoms with Crippen molar-refractivity contribution in [3.8, 4) is 0 Å². The van der Waals surface area contributed by atoms with E-state index in [1.807, 2.05) is 0 Å². The van der Waals surface area contributed by atoms with Gasteiger partial charge < -0.3 is 39.9 Å². The lowest BCUT2D eigenvalue weighted by Gasteiger charge is -2.26. The maximum absolute atomic E-state index is 12.8. The summed E-state index contributed by atoms with van der Waals surface area (Å²) in [7, 11) is 0. The van der Waals surface area contributed by atoms with E-state index in [-0.39, 0.29) is 0 Å². The highest BCUT2D eigenvalue weighted by Crippen LogP contribution is 2.35. The predicted molar refractivity (Wildman–Crippen MR) is 58.8 cm³/mol. The van der Waals surface area contributed by atoms with Gasteiger partial charge in [-0.3, -0.25) is 0 Å².